The molecule has 6 heteroatoms. The molecule has 1 N–H and O–H groups in total. The predicted molar refractivity (Wildman–Crippen MR) is 153 cm³/mol. The summed E-state index contributed by atoms with van der Waals surface area (Å²) in [6.45, 7) is 7.79. The Morgan fingerprint density at radius 2 is 1.64 bits per heavy atom. The van der Waals surface area contributed by atoms with Crippen LogP contribution in [0, 0.1) is 6.92 Å². The van der Waals surface area contributed by atoms with Gasteiger partial charge in [-0.25, -0.2) is 4.79 Å². The molecule has 39 heavy (non-hydrogen) atoms. The summed E-state index contributed by atoms with van der Waals surface area (Å²) in [5, 5.41) is 9.73. The third-order valence-electron chi connectivity index (χ3n) is 6.82. The highest BCUT2D eigenvalue weighted by Gasteiger charge is 2.37. The van der Waals surface area contributed by atoms with Crippen LogP contribution in [0.4, 0.5) is 0 Å². The average molecular weight is 528 g/mol. The molecular formula is C33H37NO5. The molecular weight excluding hydrogens is 490 g/mol. The molecule has 1 unspecified atom stereocenters. The highest BCUT2D eigenvalue weighted by molar-refractivity contribution is 5.78. The first kappa shape index (κ1) is 28.0. The molecule has 1 heterocycles. The standard InChI is InChI=1S/C33H37NO5/c1-4-33(32(35)36,39-5-2)23-26-13-15-29(16-14-26)37-19-18-34-17-9-12-31(34)28-20-25(3)21-30(22-28)38-24-27-10-7-6-8-11-27/h6-17,20-22H,4-5,18-19,23-24H2,1-3H3,(H,35,36). The Hall–Kier alpha value is -4.03. The highest BCUT2D eigenvalue weighted by Crippen LogP contribution is 2.28. The van der Waals surface area contributed by atoms with Crippen LogP contribution in [0.5, 0.6) is 11.5 Å². The molecule has 3 aromatic carbocycles. The van der Waals surface area contributed by atoms with Crippen LogP contribution in [0.2, 0.25) is 0 Å². The smallest absolute Gasteiger partial charge is 0.336 e. The van der Waals surface area contributed by atoms with Crippen molar-refractivity contribution in [3.05, 3.63) is 108 Å². The molecule has 0 fully saturated rings. The number of carboxylic acid groups (broad SMARTS) is 1. The Morgan fingerprint density at radius 3 is 2.33 bits per heavy atom. The van der Waals surface area contributed by atoms with Gasteiger partial charge in [0.25, 0.3) is 0 Å². The summed E-state index contributed by atoms with van der Waals surface area (Å²) in [7, 11) is 0. The fourth-order valence-corrected chi connectivity index (χ4v) is 4.73. The summed E-state index contributed by atoms with van der Waals surface area (Å²) >= 11 is 0. The summed E-state index contributed by atoms with van der Waals surface area (Å²) in [4.78, 5) is 11.9. The van der Waals surface area contributed by atoms with Crippen LogP contribution in [0.3, 0.4) is 0 Å². The lowest BCUT2D eigenvalue weighted by Gasteiger charge is -2.28. The van der Waals surface area contributed by atoms with E-state index in [2.05, 4.69) is 54.1 Å². The van der Waals surface area contributed by atoms with Crippen molar-refractivity contribution >= 4 is 5.97 Å². The highest BCUT2D eigenvalue weighted by atomic mass is 16.5. The predicted octanol–water partition coefficient (Wildman–Crippen LogP) is 6.93. The van der Waals surface area contributed by atoms with Crippen molar-refractivity contribution in [2.45, 2.75) is 52.4 Å². The van der Waals surface area contributed by atoms with Gasteiger partial charge in [0.15, 0.2) is 5.60 Å². The number of benzene rings is 3. The fraction of sp³-hybridized carbons (Fsp3) is 0.303. The molecule has 4 aromatic rings. The number of rotatable bonds is 14. The minimum absolute atomic E-state index is 0.313. The van der Waals surface area contributed by atoms with Crippen LogP contribution < -0.4 is 9.47 Å². The van der Waals surface area contributed by atoms with E-state index in [-0.39, 0.29) is 0 Å². The summed E-state index contributed by atoms with van der Waals surface area (Å²) in [5.74, 6) is 0.656. The van der Waals surface area contributed by atoms with E-state index in [1.165, 1.54) is 0 Å². The summed E-state index contributed by atoms with van der Waals surface area (Å²) in [6.07, 6.45) is 2.76. The molecule has 0 radical (unpaired) electrons. The maximum atomic E-state index is 11.9. The van der Waals surface area contributed by atoms with E-state index in [1.54, 1.807) is 0 Å². The van der Waals surface area contributed by atoms with Gasteiger partial charge < -0.3 is 23.9 Å². The van der Waals surface area contributed by atoms with E-state index in [9.17, 15) is 9.90 Å². The zero-order chi connectivity index (χ0) is 27.7. The Labute approximate surface area is 230 Å². The minimum Gasteiger partial charge on any atom is -0.492 e. The molecule has 0 amide bonds. The van der Waals surface area contributed by atoms with E-state index >= 15 is 0 Å². The number of hydrogen-bond acceptors (Lipinski definition) is 4. The van der Waals surface area contributed by atoms with Gasteiger partial charge in [-0.05, 0) is 79.4 Å². The zero-order valence-corrected chi connectivity index (χ0v) is 22.9. The summed E-state index contributed by atoms with van der Waals surface area (Å²) in [5.41, 5.74) is 4.16. The molecule has 1 atom stereocenters. The lowest BCUT2D eigenvalue weighted by atomic mass is 9.91. The van der Waals surface area contributed by atoms with Gasteiger partial charge in [-0.2, -0.15) is 0 Å². The number of carboxylic acids is 1. The molecule has 0 aliphatic carbocycles. The number of aliphatic carboxylic acids is 1. The molecule has 0 saturated heterocycles. The van der Waals surface area contributed by atoms with Gasteiger partial charge in [0.05, 0.1) is 6.54 Å². The molecule has 6 nitrogen and oxygen atoms in total. The van der Waals surface area contributed by atoms with E-state index in [0.29, 0.717) is 39.2 Å². The monoisotopic (exact) mass is 527 g/mol. The SMILES string of the molecule is CCOC(CC)(Cc1ccc(OCCn2cccc2-c2cc(C)cc(OCc3ccccc3)c2)cc1)C(=O)O. The maximum Gasteiger partial charge on any atom is 0.336 e. The van der Waals surface area contributed by atoms with E-state index < -0.39 is 11.6 Å². The molecule has 0 saturated carbocycles. The van der Waals surface area contributed by atoms with Crippen LogP contribution in [-0.2, 0) is 29.1 Å². The zero-order valence-electron chi connectivity index (χ0n) is 22.9. The second kappa shape index (κ2) is 13.2. The molecule has 0 aliphatic heterocycles. The maximum absolute atomic E-state index is 11.9. The first-order valence-corrected chi connectivity index (χ1v) is 13.5. The Bertz CT molecular complexity index is 1350. The Morgan fingerprint density at radius 1 is 0.872 bits per heavy atom. The topological polar surface area (TPSA) is 69.9 Å². The van der Waals surface area contributed by atoms with Crippen LogP contribution in [0.1, 0.15) is 37.0 Å². The number of ether oxygens (including phenoxy) is 3. The van der Waals surface area contributed by atoms with Gasteiger partial charge in [0.1, 0.15) is 24.7 Å². The molecule has 1 aromatic heterocycles. The van der Waals surface area contributed by atoms with E-state index in [0.717, 1.165) is 39.4 Å². The lowest BCUT2D eigenvalue weighted by molar-refractivity contribution is -0.166. The summed E-state index contributed by atoms with van der Waals surface area (Å²) < 4.78 is 19.9. The van der Waals surface area contributed by atoms with Crippen LogP contribution in [-0.4, -0.2) is 34.5 Å². The van der Waals surface area contributed by atoms with Crippen molar-refractivity contribution < 1.29 is 24.1 Å². The molecule has 0 aliphatic rings. The molecule has 4 rings (SSSR count). The Balaban J connectivity index is 1.36. The van der Waals surface area contributed by atoms with Gasteiger partial charge >= 0.3 is 5.97 Å². The van der Waals surface area contributed by atoms with Crippen molar-refractivity contribution in [1.82, 2.24) is 4.57 Å². The normalized spacial score (nSPS) is 12.6. The third kappa shape index (κ3) is 7.30. The quantitative estimate of drug-likeness (QED) is 0.192. The average Bonchev–Trinajstić information content (AvgIpc) is 3.41. The number of carbonyl (C=O) groups is 1. The van der Waals surface area contributed by atoms with Gasteiger partial charge in [0.2, 0.25) is 0 Å². The van der Waals surface area contributed by atoms with Crippen molar-refractivity contribution in [1.29, 1.82) is 0 Å². The first-order chi connectivity index (χ1) is 18.9. The van der Waals surface area contributed by atoms with E-state index in [4.69, 9.17) is 14.2 Å². The second-order valence-electron chi connectivity index (χ2n) is 9.65. The first-order valence-electron chi connectivity index (χ1n) is 13.5. The van der Waals surface area contributed by atoms with Crippen molar-refractivity contribution in [3.8, 4) is 22.8 Å². The van der Waals surface area contributed by atoms with E-state index in [1.807, 2.05) is 62.4 Å². The molecule has 204 valence electrons. The molecule has 0 bridgehead atoms. The van der Waals surface area contributed by atoms with Gasteiger partial charge in [0, 0.05) is 30.5 Å². The van der Waals surface area contributed by atoms with Gasteiger partial charge in [-0.15, -0.1) is 0 Å². The number of aryl methyl sites for hydroxylation is 1. The van der Waals surface area contributed by atoms with Gasteiger partial charge in [-0.1, -0.05) is 49.4 Å². The Kier molecular flexibility index (Phi) is 9.45. The second-order valence-corrected chi connectivity index (χ2v) is 9.65. The third-order valence-corrected chi connectivity index (χ3v) is 6.82. The van der Waals surface area contributed by atoms with Crippen molar-refractivity contribution in [2.24, 2.45) is 0 Å². The number of hydrogen-bond donors (Lipinski definition) is 1. The van der Waals surface area contributed by atoms with Crippen LogP contribution in [0.15, 0.2) is 91.1 Å². The lowest BCUT2D eigenvalue weighted by Crippen LogP contribution is -2.43. The number of nitrogens with zero attached hydrogens (tertiary/aromatic N) is 1. The molecule has 0 spiro atoms. The number of aromatic nitrogens is 1. The summed E-state index contributed by atoms with van der Waals surface area (Å²) in [6, 6.07) is 28.2. The van der Waals surface area contributed by atoms with Crippen LogP contribution >= 0.6 is 0 Å². The van der Waals surface area contributed by atoms with Crippen molar-refractivity contribution in [2.75, 3.05) is 13.2 Å². The van der Waals surface area contributed by atoms with Crippen LogP contribution in [0.25, 0.3) is 11.3 Å². The fourth-order valence-electron chi connectivity index (χ4n) is 4.73. The minimum atomic E-state index is -1.20. The van der Waals surface area contributed by atoms with Crippen molar-refractivity contribution in [3.63, 3.8) is 0 Å². The van der Waals surface area contributed by atoms with Gasteiger partial charge in [-0.3, -0.25) is 0 Å². The largest absolute Gasteiger partial charge is 0.492 e.